The number of likely N-dealkylation sites (tertiary alicyclic amines) is 1. The van der Waals surface area contributed by atoms with E-state index in [4.69, 9.17) is 4.74 Å². The second kappa shape index (κ2) is 10.3. The van der Waals surface area contributed by atoms with Gasteiger partial charge in [0.15, 0.2) is 0 Å². The number of hydrogen-bond donors (Lipinski definition) is 0. The van der Waals surface area contributed by atoms with Crippen LogP contribution in [0.2, 0.25) is 0 Å². The molecule has 0 N–H and O–H groups in total. The Bertz CT molecular complexity index is 717. The Morgan fingerprint density at radius 1 is 1.00 bits per heavy atom. The lowest BCUT2D eigenvalue weighted by Crippen LogP contribution is -2.38. The summed E-state index contributed by atoms with van der Waals surface area (Å²) in [6, 6.07) is 9.11. The molecule has 0 radical (unpaired) electrons. The van der Waals surface area contributed by atoms with Gasteiger partial charge < -0.3 is 9.64 Å². The standard InChI is InChI=1S/C23H38N2O3S/c1-19(2)24-14-10-20(11-15-24)5-4-18-28-23-8-6-21(7-9-23)22-12-16-25(17-13-22)29(3,26)27/h6-9,19-20,22H,4-5,10-18H2,1-3H3. The molecule has 3 rings (SSSR count). The van der Waals surface area contributed by atoms with Crippen LogP contribution in [-0.4, -0.2) is 62.7 Å². The van der Waals surface area contributed by atoms with Crippen LogP contribution in [0.3, 0.4) is 0 Å². The summed E-state index contributed by atoms with van der Waals surface area (Å²) >= 11 is 0. The third-order valence-corrected chi connectivity index (χ3v) is 7.98. The molecule has 2 fully saturated rings. The Hall–Kier alpha value is -1.11. The van der Waals surface area contributed by atoms with E-state index in [0.29, 0.717) is 25.0 Å². The van der Waals surface area contributed by atoms with Crippen LogP contribution in [0.1, 0.15) is 63.9 Å². The SMILES string of the molecule is CC(C)N1CCC(CCCOc2ccc(C3CCN(S(C)(=O)=O)CC3)cc2)CC1. The number of sulfonamides is 1. The zero-order valence-electron chi connectivity index (χ0n) is 18.3. The van der Waals surface area contributed by atoms with Gasteiger partial charge in [-0.25, -0.2) is 12.7 Å². The molecular weight excluding hydrogens is 384 g/mol. The van der Waals surface area contributed by atoms with E-state index >= 15 is 0 Å². The Morgan fingerprint density at radius 2 is 1.62 bits per heavy atom. The lowest BCUT2D eigenvalue weighted by Gasteiger charge is -2.34. The molecule has 0 amide bonds. The van der Waals surface area contributed by atoms with Gasteiger partial charge in [0.25, 0.3) is 0 Å². The molecule has 1 aromatic rings. The number of ether oxygens (including phenoxy) is 1. The van der Waals surface area contributed by atoms with Crippen LogP contribution in [0.5, 0.6) is 5.75 Å². The maximum absolute atomic E-state index is 11.6. The second-order valence-corrected chi connectivity index (χ2v) is 11.1. The van der Waals surface area contributed by atoms with E-state index < -0.39 is 10.0 Å². The smallest absolute Gasteiger partial charge is 0.211 e. The predicted octanol–water partition coefficient (Wildman–Crippen LogP) is 4.11. The lowest BCUT2D eigenvalue weighted by atomic mass is 9.90. The van der Waals surface area contributed by atoms with Crippen molar-refractivity contribution >= 4 is 10.0 Å². The number of nitrogens with zero attached hydrogens (tertiary/aromatic N) is 2. The molecule has 0 atom stereocenters. The maximum Gasteiger partial charge on any atom is 0.211 e. The Balaban J connectivity index is 1.35. The highest BCUT2D eigenvalue weighted by atomic mass is 32.2. The summed E-state index contributed by atoms with van der Waals surface area (Å²) in [6.07, 6.45) is 8.12. The maximum atomic E-state index is 11.6. The molecule has 29 heavy (non-hydrogen) atoms. The number of benzene rings is 1. The first-order chi connectivity index (χ1) is 13.8. The van der Waals surface area contributed by atoms with Crippen molar-refractivity contribution in [1.29, 1.82) is 0 Å². The molecule has 164 valence electrons. The summed E-state index contributed by atoms with van der Waals surface area (Å²) in [5, 5.41) is 0. The van der Waals surface area contributed by atoms with Gasteiger partial charge in [0.05, 0.1) is 12.9 Å². The highest BCUT2D eigenvalue weighted by Gasteiger charge is 2.25. The van der Waals surface area contributed by atoms with Gasteiger partial charge in [-0.1, -0.05) is 12.1 Å². The lowest BCUT2D eigenvalue weighted by molar-refractivity contribution is 0.141. The van der Waals surface area contributed by atoms with Crippen molar-refractivity contribution < 1.29 is 13.2 Å². The zero-order valence-corrected chi connectivity index (χ0v) is 19.2. The van der Waals surface area contributed by atoms with Crippen LogP contribution >= 0.6 is 0 Å². The van der Waals surface area contributed by atoms with Crippen LogP contribution in [0, 0.1) is 5.92 Å². The van der Waals surface area contributed by atoms with Gasteiger partial charge in [-0.05, 0) is 95.0 Å². The summed E-state index contributed by atoms with van der Waals surface area (Å²) in [5.74, 6) is 2.24. The van der Waals surface area contributed by atoms with Crippen molar-refractivity contribution in [2.45, 2.75) is 64.3 Å². The first-order valence-electron chi connectivity index (χ1n) is 11.2. The van der Waals surface area contributed by atoms with Crippen LogP contribution in [0.15, 0.2) is 24.3 Å². The van der Waals surface area contributed by atoms with E-state index in [-0.39, 0.29) is 0 Å². The highest BCUT2D eigenvalue weighted by molar-refractivity contribution is 7.88. The highest BCUT2D eigenvalue weighted by Crippen LogP contribution is 2.30. The van der Waals surface area contributed by atoms with Crippen molar-refractivity contribution in [3.8, 4) is 5.75 Å². The van der Waals surface area contributed by atoms with Crippen molar-refractivity contribution in [1.82, 2.24) is 9.21 Å². The quantitative estimate of drug-likeness (QED) is 0.592. The van der Waals surface area contributed by atoms with Gasteiger partial charge in [0.2, 0.25) is 10.0 Å². The minimum absolute atomic E-state index is 0.443. The molecular formula is C23H38N2O3S. The number of piperidine rings is 2. The molecule has 0 aliphatic carbocycles. The van der Waals surface area contributed by atoms with E-state index in [9.17, 15) is 8.42 Å². The molecule has 1 aromatic carbocycles. The summed E-state index contributed by atoms with van der Waals surface area (Å²) in [4.78, 5) is 2.58. The molecule has 0 bridgehead atoms. The summed E-state index contributed by atoms with van der Waals surface area (Å²) in [5.41, 5.74) is 1.29. The molecule has 6 heteroatoms. The van der Waals surface area contributed by atoms with Gasteiger partial charge >= 0.3 is 0 Å². The average molecular weight is 423 g/mol. The van der Waals surface area contributed by atoms with Gasteiger partial charge in [0, 0.05) is 19.1 Å². The average Bonchev–Trinajstić information content (AvgIpc) is 2.71. The van der Waals surface area contributed by atoms with Crippen LogP contribution < -0.4 is 4.74 Å². The van der Waals surface area contributed by atoms with Crippen molar-refractivity contribution in [2.24, 2.45) is 5.92 Å². The fourth-order valence-corrected chi connectivity index (χ4v) is 5.55. The van der Waals surface area contributed by atoms with E-state index in [2.05, 4.69) is 43.0 Å². The van der Waals surface area contributed by atoms with Crippen molar-refractivity contribution in [3.63, 3.8) is 0 Å². The van der Waals surface area contributed by atoms with Gasteiger partial charge in [-0.2, -0.15) is 0 Å². The molecule has 2 aliphatic heterocycles. The second-order valence-electron chi connectivity index (χ2n) is 9.07. The summed E-state index contributed by atoms with van der Waals surface area (Å²) in [6.45, 7) is 9.10. The van der Waals surface area contributed by atoms with Gasteiger partial charge in [-0.3, -0.25) is 0 Å². The molecule has 5 nitrogen and oxygen atoms in total. The monoisotopic (exact) mass is 422 g/mol. The molecule has 2 heterocycles. The summed E-state index contributed by atoms with van der Waals surface area (Å²) < 4.78 is 30.9. The third kappa shape index (κ3) is 6.69. The van der Waals surface area contributed by atoms with E-state index in [1.807, 2.05) is 0 Å². The topological polar surface area (TPSA) is 49.9 Å². The molecule has 0 unspecified atom stereocenters. The van der Waals surface area contributed by atoms with Crippen LogP contribution in [-0.2, 0) is 10.0 Å². The van der Waals surface area contributed by atoms with E-state index in [1.54, 1.807) is 4.31 Å². The van der Waals surface area contributed by atoms with Gasteiger partial charge in [0.1, 0.15) is 5.75 Å². The predicted molar refractivity (Wildman–Crippen MR) is 119 cm³/mol. The van der Waals surface area contributed by atoms with Crippen molar-refractivity contribution in [3.05, 3.63) is 29.8 Å². The first-order valence-corrected chi connectivity index (χ1v) is 13.1. The fourth-order valence-electron chi connectivity index (χ4n) is 4.68. The number of rotatable bonds is 8. The minimum Gasteiger partial charge on any atom is -0.494 e. The Morgan fingerprint density at radius 3 is 2.17 bits per heavy atom. The normalized spacial score (nSPS) is 21.0. The largest absolute Gasteiger partial charge is 0.494 e. The molecule has 2 aliphatic rings. The Labute approximate surface area is 177 Å². The van der Waals surface area contributed by atoms with Gasteiger partial charge in [-0.15, -0.1) is 0 Å². The minimum atomic E-state index is -3.06. The van der Waals surface area contributed by atoms with E-state index in [0.717, 1.165) is 37.5 Å². The molecule has 0 aromatic heterocycles. The fraction of sp³-hybridized carbons (Fsp3) is 0.739. The zero-order chi connectivity index (χ0) is 20.9. The first kappa shape index (κ1) is 22.6. The van der Waals surface area contributed by atoms with Crippen molar-refractivity contribution in [2.75, 3.05) is 39.0 Å². The summed E-state index contributed by atoms with van der Waals surface area (Å²) in [7, 11) is -3.06. The molecule has 0 saturated carbocycles. The molecule has 2 saturated heterocycles. The van der Waals surface area contributed by atoms with Crippen LogP contribution in [0.4, 0.5) is 0 Å². The number of hydrogen-bond acceptors (Lipinski definition) is 4. The third-order valence-electron chi connectivity index (χ3n) is 6.68. The Kier molecular flexibility index (Phi) is 7.99. The van der Waals surface area contributed by atoms with Crippen LogP contribution in [0.25, 0.3) is 0 Å². The molecule has 0 spiro atoms. The van der Waals surface area contributed by atoms with E-state index in [1.165, 1.54) is 44.2 Å².